The Morgan fingerprint density at radius 2 is 2.07 bits per heavy atom. The highest BCUT2D eigenvalue weighted by Gasteiger charge is 2.32. The monoisotopic (exact) mass is 218 g/mol. The molecule has 0 bridgehead atoms. The summed E-state index contributed by atoms with van der Waals surface area (Å²) in [6.45, 7) is 1.43. The molecular formula is C8H14N2O3S. The van der Waals surface area contributed by atoms with E-state index < -0.39 is 9.84 Å². The van der Waals surface area contributed by atoms with Crippen molar-refractivity contribution in [3.05, 3.63) is 0 Å². The standard InChI is InChI=1S/C8H14N2O3S/c11-8(6-3-9-4-6)10-7-1-2-14(12,13)5-7/h6-7,9H,1-5H2,(H,10,11). The summed E-state index contributed by atoms with van der Waals surface area (Å²) in [5.41, 5.74) is 0. The van der Waals surface area contributed by atoms with Crippen molar-refractivity contribution >= 4 is 15.7 Å². The normalized spacial score (nSPS) is 31.0. The van der Waals surface area contributed by atoms with Crippen molar-refractivity contribution < 1.29 is 13.2 Å². The first-order valence-electron chi connectivity index (χ1n) is 4.78. The van der Waals surface area contributed by atoms with Crippen molar-refractivity contribution in [3.63, 3.8) is 0 Å². The molecule has 2 heterocycles. The zero-order chi connectivity index (χ0) is 10.2. The molecule has 2 N–H and O–H groups in total. The lowest BCUT2D eigenvalue weighted by molar-refractivity contribution is -0.126. The summed E-state index contributed by atoms with van der Waals surface area (Å²) in [5, 5.41) is 5.78. The van der Waals surface area contributed by atoms with E-state index in [4.69, 9.17) is 0 Å². The van der Waals surface area contributed by atoms with Gasteiger partial charge in [-0.15, -0.1) is 0 Å². The third-order valence-corrected chi connectivity index (χ3v) is 4.50. The average Bonchev–Trinajstić information content (AvgIpc) is 2.25. The molecule has 2 rings (SSSR count). The van der Waals surface area contributed by atoms with Crippen LogP contribution in [0.15, 0.2) is 0 Å². The third-order valence-electron chi connectivity index (χ3n) is 2.73. The van der Waals surface area contributed by atoms with Crippen molar-refractivity contribution in [2.75, 3.05) is 24.6 Å². The van der Waals surface area contributed by atoms with Crippen LogP contribution in [0.3, 0.4) is 0 Å². The highest BCUT2D eigenvalue weighted by Crippen LogP contribution is 2.12. The van der Waals surface area contributed by atoms with Gasteiger partial charge in [0.15, 0.2) is 9.84 Å². The van der Waals surface area contributed by atoms with Gasteiger partial charge in [0.05, 0.1) is 17.4 Å². The Bertz CT molecular complexity index is 334. The minimum atomic E-state index is -2.89. The van der Waals surface area contributed by atoms with Crippen LogP contribution in [0.5, 0.6) is 0 Å². The summed E-state index contributed by atoms with van der Waals surface area (Å²) in [7, 11) is -2.89. The summed E-state index contributed by atoms with van der Waals surface area (Å²) in [6.07, 6.45) is 0.564. The topological polar surface area (TPSA) is 75.3 Å². The maximum Gasteiger partial charge on any atom is 0.225 e. The van der Waals surface area contributed by atoms with Gasteiger partial charge < -0.3 is 10.6 Å². The SMILES string of the molecule is O=C(NC1CCS(=O)(=O)C1)C1CNC1. The molecule has 14 heavy (non-hydrogen) atoms. The van der Waals surface area contributed by atoms with Gasteiger partial charge in [-0.25, -0.2) is 8.42 Å². The predicted octanol–water partition coefficient (Wildman–Crippen LogP) is -1.49. The van der Waals surface area contributed by atoms with Gasteiger partial charge in [-0.05, 0) is 6.42 Å². The average molecular weight is 218 g/mol. The van der Waals surface area contributed by atoms with Crippen LogP contribution >= 0.6 is 0 Å². The Morgan fingerprint density at radius 1 is 1.36 bits per heavy atom. The Balaban J connectivity index is 1.84. The molecule has 0 spiro atoms. The van der Waals surface area contributed by atoms with Crippen LogP contribution in [0.2, 0.25) is 0 Å². The van der Waals surface area contributed by atoms with E-state index in [-0.39, 0.29) is 29.4 Å². The molecule has 1 atom stereocenters. The smallest absolute Gasteiger partial charge is 0.225 e. The first-order valence-corrected chi connectivity index (χ1v) is 6.60. The fourth-order valence-electron chi connectivity index (χ4n) is 1.70. The molecule has 6 heteroatoms. The van der Waals surface area contributed by atoms with Crippen molar-refractivity contribution in [1.82, 2.24) is 10.6 Å². The van der Waals surface area contributed by atoms with E-state index >= 15 is 0 Å². The third kappa shape index (κ3) is 2.06. The van der Waals surface area contributed by atoms with Crippen LogP contribution in [0, 0.1) is 5.92 Å². The molecule has 0 aromatic heterocycles. The molecule has 1 amide bonds. The van der Waals surface area contributed by atoms with Gasteiger partial charge >= 0.3 is 0 Å². The van der Waals surface area contributed by atoms with Crippen molar-refractivity contribution in [1.29, 1.82) is 0 Å². The molecule has 0 aromatic rings. The lowest BCUT2D eigenvalue weighted by atomic mass is 10.0. The molecule has 0 radical (unpaired) electrons. The van der Waals surface area contributed by atoms with E-state index in [9.17, 15) is 13.2 Å². The molecule has 2 aliphatic rings. The van der Waals surface area contributed by atoms with Crippen LogP contribution in [0.25, 0.3) is 0 Å². The van der Waals surface area contributed by atoms with Crippen molar-refractivity contribution in [3.8, 4) is 0 Å². The van der Waals surface area contributed by atoms with Gasteiger partial charge in [-0.2, -0.15) is 0 Å². The van der Waals surface area contributed by atoms with Crippen LogP contribution in [0.4, 0.5) is 0 Å². The van der Waals surface area contributed by atoms with Gasteiger partial charge in [-0.3, -0.25) is 4.79 Å². The summed E-state index contributed by atoms with van der Waals surface area (Å²) in [4.78, 5) is 11.4. The number of rotatable bonds is 2. The van der Waals surface area contributed by atoms with E-state index in [1.807, 2.05) is 0 Å². The zero-order valence-corrected chi connectivity index (χ0v) is 8.64. The van der Waals surface area contributed by atoms with Crippen LogP contribution < -0.4 is 10.6 Å². The first-order chi connectivity index (χ1) is 6.57. The van der Waals surface area contributed by atoms with E-state index in [0.29, 0.717) is 19.5 Å². The molecule has 2 saturated heterocycles. The lowest BCUT2D eigenvalue weighted by Gasteiger charge is -2.27. The van der Waals surface area contributed by atoms with E-state index in [1.165, 1.54) is 0 Å². The Kier molecular flexibility index (Phi) is 2.48. The van der Waals surface area contributed by atoms with Gasteiger partial charge in [-0.1, -0.05) is 0 Å². The number of carbonyl (C=O) groups excluding carboxylic acids is 1. The second-order valence-electron chi connectivity index (χ2n) is 3.96. The predicted molar refractivity (Wildman–Crippen MR) is 51.6 cm³/mol. The zero-order valence-electron chi connectivity index (χ0n) is 7.82. The van der Waals surface area contributed by atoms with Crippen molar-refractivity contribution in [2.24, 2.45) is 5.92 Å². The molecular weight excluding hydrogens is 204 g/mol. The Hall–Kier alpha value is -0.620. The van der Waals surface area contributed by atoms with Gasteiger partial charge in [0.1, 0.15) is 0 Å². The van der Waals surface area contributed by atoms with Gasteiger partial charge in [0.2, 0.25) is 5.91 Å². The molecule has 2 aliphatic heterocycles. The molecule has 80 valence electrons. The fraction of sp³-hybridized carbons (Fsp3) is 0.875. The van der Waals surface area contributed by atoms with Gasteiger partial charge in [0.25, 0.3) is 0 Å². The summed E-state index contributed by atoms with van der Waals surface area (Å²) >= 11 is 0. The quantitative estimate of drug-likeness (QED) is 0.592. The number of carbonyl (C=O) groups is 1. The molecule has 1 unspecified atom stereocenters. The maximum atomic E-state index is 11.4. The second-order valence-corrected chi connectivity index (χ2v) is 6.19. The maximum absolute atomic E-state index is 11.4. The van der Waals surface area contributed by atoms with E-state index in [0.717, 1.165) is 0 Å². The lowest BCUT2D eigenvalue weighted by Crippen LogP contribution is -2.52. The number of hydrogen-bond acceptors (Lipinski definition) is 4. The van der Waals surface area contributed by atoms with E-state index in [2.05, 4.69) is 10.6 Å². The number of hydrogen-bond donors (Lipinski definition) is 2. The highest BCUT2D eigenvalue weighted by molar-refractivity contribution is 7.91. The summed E-state index contributed by atoms with van der Waals surface area (Å²) in [6, 6.07) is -0.159. The first kappa shape index (κ1) is 9.92. The van der Waals surface area contributed by atoms with Crippen LogP contribution in [0.1, 0.15) is 6.42 Å². The molecule has 0 aliphatic carbocycles. The summed E-state index contributed by atoms with van der Waals surface area (Å²) in [5.74, 6) is 0.351. The van der Waals surface area contributed by atoms with Crippen molar-refractivity contribution in [2.45, 2.75) is 12.5 Å². The minimum Gasteiger partial charge on any atom is -0.352 e. The number of nitrogens with one attached hydrogen (secondary N) is 2. The molecule has 2 fully saturated rings. The van der Waals surface area contributed by atoms with Crippen LogP contribution in [-0.4, -0.2) is 45.0 Å². The number of sulfone groups is 1. The van der Waals surface area contributed by atoms with E-state index in [1.54, 1.807) is 0 Å². The minimum absolute atomic E-state index is 0.00847. The Labute approximate surface area is 83.2 Å². The Morgan fingerprint density at radius 3 is 2.50 bits per heavy atom. The fourth-order valence-corrected chi connectivity index (χ4v) is 3.38. The second kappa shape index (κ2) is 3.51. The molecule has 5 nitrogen and oxygen atoms in total. The largest absolute Gasteiger partial charge is 0.352 e. The highest BCUT2D eigenvalue weighted by atomic mass is 32.2. The molecule has 0 saturated carbocycles. The van der Waals surface area contributed by atoms with Gasteiger partial charge in [0, 0.05) is 19.1 Å². The van der Waals surface area contributed by atoms with Crippen LogP contribution in [-0.2, 0) is 14.6 Å². The molecule has 0 aromatic carbocycles. The number of amides is 1. The summed E-state index contributed by atoms with van der Waals surface area (Å²) < 4.78 is 22.2.